The summed E-state index contributed by atoms with van der Waals surface area (Å²) in [6.45, 7) is -11.6. The molecule has 56 nitrogen and oxygen atoms in total. The molecule has 21 saturated heterocycles. The molecule has 21 fully saturated rings. The second kappa shape index (κ2) is 34.7. The second-order valence-corrected chi connectivity index (χ2v) is 31.0. The number of ether oxygens (including phenoxy) is 14. The molecule has 21 aliphatic heterocycles. The molecule has 0 aromatic carbocycles. The van der Waals surface area contributed by atoms with Crippen LogP contribution in [0.3, 0.4) is 0 Å². The van der Waals surface area contributed by atoms with Crippen LogP contribution in [0, 0.1) is 0 Å². The van der Waals surface area contributed by atoms with Gasteiger partial charge in [-0.3, -0.25) is 31.9 Å². The van der Waals surface area contributed by atoms with Gasteiger partial charge in [0.05, 0.1) is 46.2 Å². The molecular weight excluding hydrogens is 1620 g/mol. The summed E-state index contributed by atoms with van der Waals surface area (Å²) in [7, 11) is -39.7. The van der Waals surface area contributed by atoms with Crippen molar-refractivity contribution in [3.8, 4) is 0 Å². The van der Waals surface area contributed by atoms with Crippen LogP contribution in [0.15, 0.2) is 0 Å². The Hall–Kier alpha value is -2.03. The van der Waals surface area contributed by atoms with E-state index in [2.05, 4.69) is 29.3 Å². The zero-order valence-corrected chi connectivity index (χ0v) is 57.4. The third-order valence-electron chi connectivity index (χ3n) is 16.2. The van der Waals surface area contributed by atoms with Gasteiger partial charge in [-0.2, -0.15) is 58.9 Å². The number of hydrogen-bond acceptors (Lipinski definition) is 49. The van der Waals surface area contributed by atoms with Crippen molar-refractivity contribution in [2.45, 2.75) is 215 Å². The molecule has 63 heteroatoms. The summed E-state index contributed by atoms with van der Waals surface area (Å²) < 4.78 is 343. The Kier molecular flexibility index (Phi) is 29.3. The van der Waals surface area contributed by atoms with E-state index in [1.807, 2.05) is 0 Å². The van der Waals surface area contributed by atoms with E-state index >= 15 is 0 Å². The Morgan fingerprint density at radius 3 is 0.352 bits per heavy atom. The summed E-state index contributed by atoms with van der Waals surface area (Å²) in [5.74, 6) is 0. The van der Waals surface area contributed by atoms with Gasteiger partial charge in [-0.05, 0) is 0 Å². The summed E-state index contributed by atoms with van der Waals surface area (Å²) in [5, 5.41) is 163. The molecular formula is C42H70O56S7. The SMILES string of the molecule is O=S(=O)(O)OCC1O[C@@H]2O[C@@H]3C(COS(=O)(=O)O)O[C@H](O[C@@H]4C(COS(=O)(=O)O)O[C@H](O[C@@H]5C(COS(=O)(=O)O)O[C@@H](O[C@@H]6C(COS(=O)(=O)O)O[C@H](O[C@@H]7C(COS(=O)(=O)O)O[C@H](O[C@@H]8C(COS(=O)(=O)O)O[C@H](O[C@H]1C(O)C2O)C(O)C8O)C(O)C7O)C(O)C6O)C(O)C5O)C(O)C4O)C(O)C3O. The minimum absolute atomic E-state index is 1.65. The molecule has 21 aliphatic rings. The Balaban J connectivity index is 1.23. The summed E-state index contributed by atoms with van der Waals surface area (Å²) in [5.41, 5.74) is 0. The van der Waals surface area contributed by atoms with Gasteiger partial charge in [-0.15, -0.1) is 0 Å². The van der Waals surface area contributed by atoms with Crippen LogP contribution >= 0.6 is 0 Å². The van der Waals surface area contributed by atoms with Gasteiger partial charge in [-0.1, -0.05) is 0 Å². The molecule has 21 heterocycles. The van der Waals surface area contributed by atoms with Crippen molar-refractivity contribution < 1.29 is 258 Å². The van der Waals surface area contributed by atoms with Crippen LogP contribution in [0.2, 0.25) is 0 Å². The molecule has 21 N–H and O–H groups in total. The maximum Gasteiger partial charge on any atom is 0.397 e. The fourth-order valence-electron chi connectivity index (χ4n) is 11.4. The van der Waals surface area contributed by atoms with Crippen LogP contribution in [0.5, 0.6) is 0 Å². The van der Waals surface area contributed by atoms with Crippen molar-refractivity contribution in [1.29, 1.82) is 0 Å². The highest BCUT2D eigenvalue weighted by Crippen LogP contribution is 2.40. The molecule has 14 bridgehead atoms. The van der Waals surface area contributed by atoms with E-state index in [-0.39, 0.29) is 0 Å². The lowest BCUT2D eigenvalue weighted by molar-refractivity contribution is -0.395. The van der Waals surface area contributed by atoms with Crippen molar-refractivity contribution in [2.24, 2.45) is 0 Å². The lowest BCUT2D eigenvalue weighted by Gasteiger charge is -2.50. The number of aliphatic hydroxyl groups excluding tert-OH is 14. The van der Waals surface area contributed by atoms with Crippen LogP contribution in [0.4, 0.5) is 0 Å². The summed E-state index contributed by atoms with van der Waals surface area (Å²) in [6, 6.07) is 0. The summed E-state index contributed by atoms with van der Waals surface area (Å²) >= 11 is 0. The number of hydrogen-bond donors (Lipinski definition) is 21. The van der Waals surface area contributed by atoms with E-state index in [1.165, 1.54) is 0 Å². The Morgan fingerprint density at radius 2 is 0.267 bits per heavy atom. The standard InChI is InChI=1S/C42H70O56S7/c43-15-22(50)36-85-8(1-78-99(57,58)59)29(15)92-37-23(51)16(44)31(10(86-37)3-80-101(63,64)65)94-39-25(53)18(46)33(12(88-39)5-82-103(69,70)71)96-41-27(55)20(48)35(14(90-41)7-84-105(75,76)77)98-42-28(56)21(49)34(13(91-42)6-83-104(72,73)74)97-40-26(54)19(47)32(11(89-40)4-81-102(66,67)68)95-38-24(52)17(45)30(93-36)9(87-38)2-79-100(60,61)62/h8-56H,1-7H2,(H,57,58,59)(H,60,61,62)(H,63,64,65)(H,66,67,68)(H,69,70,71)(H,72,73,74)(H,75,76,77)/t8?,9?,10?,11?,12?,13?,14?,15?,16?,17?,18?,19?,20?,21?,22?,23?,24?,25?,26?,27?,28?,29-,30-,31-,32-,33-,34-,35-,36-,37-,38-,39-,40-,41-,42+/m1/s1. The number of aliphatic hydroxyl groups is 14. The largest absolute Gasteiger partial charge is 0.397 e. The third kappa shape index (κ3) is 23.6. The van der Waals surface area contributed by atoms with E-state index in [4.69, 9.17) is 66.3 Å². The number of rotatable bonds is 21. The summed E-state index contributed by atoms with van der Waals surface area (Å²) in [6.07, 6.45) is -93.1. The molecule has 0 spiro atoms. The second-order valence-electron chi connectivity index (χ2n) is 23.4. The van der Waals surface area contributed by atoms with Crippen LogP contribution in [0.25, 0.3) is 0 Å². The highest BCUT2D eigenvalue weighted by atomic mass is 32.3. The molecule has 21 unspecified atom stereocenters. The zero-order chi connectivity index (χ0) is 78.5. The zero-order valence-electron chi connectivity index (χ0n) is 51.7. The highest BCUT2D eigenvalue weighted by molar-refractivity contribution is 7.82. The van der Waals surface area contributed by atoms with Crippen LogP contribution < -0.4 is 0 Å². The molecule has 616 valence electrons. The van der Waals surface area contributed by atoms with Gasteiger partial charge in [-0.25, -0.2) is 29.3 Å². The van der Waals surface area contributed by atoms with E-state index in [9.17, 15) is 162 Å². The van der Waals surface area contributed by atoms with E-state index < -0.39 is 334 Å². The maximum atomic E-state index is 12.0. The van der Waals surface area contributed by atoms with Gasteiger partial charge >= 0.3 is 72.8 Å². The smallest absolute Gasteiger partial charge is 0.387 e. The molecule has 105 heavy (non-hydrogen) atoms. The molecule has 0 saturated carbocycles. The summed E-state index contributed by atoms with van der Waals surface area (Å²) in [4.78, 5) is 0. The quantitative estimate of drug-likeness (QED) is 0.0475. The van der Waals surface area contributed by atoms with Crippen molar-refractivity contribution in [3.63, 3.8) is 0 Å². The fourth-order valence-corrected chi connectivity index (χ4v) is 13.5. The lowest BCUT2D eigenvalue weighted by atomic mass is 9.95. The molecule has 0 aromatic heterocycles. The topological polar surface area (TPSA) is 858 Å². The van der Waals surface area contributed by atoms with Crippen molar-refractivity contribution >= 4 is 72.8 Å². The Labute approximate surface area is 589 Å². The minimum Gasteiger partial charge on any atom is -0.387 e. The molecule has 0 aliphatic carbocycles. The van der Waals surface area contributed by atoms with E-state index in [1.54, 1.807) is 0 Å². The first-order chi connectivity index (χ1) is 48.2. The average molecular weight is 1700 g/mol. The van der Waals surface area contributed by atoms with Crippen molar-refractivity contribution in [1.82, 2.24) is 0 Å². The monoisotopic (exact) mass is 1690 g/mol. The average Bonchev–Trinajstić information content (AvgIpc) is 0.820. The molecule has 21 rings (SSSR count). The first kappa shape index (κ1) is 88.5. The molecule has 35 atom stereocenters. The van der Waals surface area contributed by atoms with Gasteiger partial charge in [0.1, 0.15) is 171 Å². The van der Waals surface area contributed by atoms with E-state index in [0.29, 0.717) is 0 Å². The van der Waals surface area contributed by atoms with Gasteiger partial charge in [0, 0.05) is 0 Å². The van der Waals surface area contributed by atoms with E-state index in [0.717, 1.165) is 0 Å². The predicted octanol–water partition coefficient (Wildman–Crippen LogP) is -16.4. The first-order valence-corrected chi connectivity index (χ1v) is 38.8. The van der Waals surface area contributed by atoms with Gasteiger partial charge in [0.15, 0.2) is 44.0 Å². The molecule has 0 amide bonds. The van der Waals surface area contributed by atoms with Crippen molar-refractivity contribution in [2.75, 3.05) is 46.2 Å². The van der Waals surface area contributed by atoms with Crippen LogP contribution in [-0.2, 0) is 168 Å². The third-order valence-corrected chi connectivity index (χ3v) is 19.2. The fraction of sp³-hybridized carbons (Fsp3) is 1.00. The normalized spacial score (nSPS) is 44.9. The molecule has 0 aromatic rings. The van der Waals surface area contributed by atoms with Gasteiger partial charge in [0.25, 0.3) is 0 Å². The maximum absolute atomic E-state index is 12.0. The Bertz CT molecular complexity index is 3040. The lowest BCUT2D eigenvalue weighted by Crippen LogP contribution is -2.68. The first-order valence-electron chi connectivity index (χ1n) is 29.2. The van der Waals surface area contributed by atoms with Crippen LogP contribution in [-0.4, -0.2) is 423 Å². The minimum atomic E-state index is -5.67. The van der Waals surface area contributed by atoms with Gasteiger partial charge < -0.3 is 138 Å². The highest BCUT2D eigenvalue weighted by Gasteiger charge is 2.61. The van der Waals surface area contributed by atoms with Crippen LogP contribution in [0.1, 0.15) is 0 Å². The molecule has 0 radical (unpaired) electrons. The van der Waals surface area contributed by atoms with Crippen molar-refractivity contribution in [3.05, 3.63) is 0 Å². The Morgan fingerprint density at radius 1 is 0.171 bits per heavy atom. The predicted molar refractivity (Wildman–Crippen MR) is 301 cm³/mol. The van der Waals surface area contributed by atoms with Gasteiger partial charge in [0.2, 0.25) is 0 Å².